The van der Waals surface area contributed by atoms with Crippen LogP contribution in [0.3, 0.4) is 0 Å². The number of ether oxygens (including phenoxy) is 1. The Balaban J connectivity index is 1.96. The first-order valence-electron chi connectivity index (χ1n) is 8.11. The molecule has 1 aromatic carbocycles. The number of hydrogen-bond donors (Lipinski definition) is 0. The van der Waals surface area contributed by atoms with Crippen molar-refractivity contribution in [1.29, 1.82) is 0 Å². The molecule has 4 aromatic rings. The van der Waals surface area contributed by atoms with Crippen molar-refractivity contribution in [3.63, 3.8) is 0 Å². The molecule has 0 N–H and O–H groups in total. The van der Waals surface area contributed by atoms with Crippen molar-refractivity contribution < 1.29 is 9.26 Å². The highest BCUT2D eigenvalue weighted by Gasteiger charge is 2.18. The van der Waals surface area contributed by atoms with Crippen molar-refractivity contribution in [1.82, 2.24) is 14.7 Å². The van der Waals surface area contributed by atoms with E-state index in [1.54, 1.807) is 23.9 Å². The summed E-state index contributed by atoms with van der Waals surface area (Å²) in [7, 11) is 1.62. The van der Waals surface area contributed by atoms with Gasteiger partial charge in [-0.3, -0.25) is 4.79 Å². The van der Waals surface area contributed by atoms with E-state index in [9.17, 15) is 4.79 Å². The van der Waals surface area contributed by atoms with Gasteiger partial charge >= 0.3 is 0 Å². The molecule has 7 heteroatoms. The molecular weight excluding hydrogens is 350 g/mol. The summed E-state index contributed by atoms with van der Waals surface area (Å²) >= 11 is 1.53. The van der Waals surface area contributed by atoms with E-state index in [-0.39, 0.29) is 5.56 Å². The standard InChI is InChI=1S/C19H17N3O3S/c1-11-19(12(2)25-21-11)14-8-13-4-5-18(23)22(10-17-20-6-7-26-17)15(13)9-16(14)24-3/h4-9H,10H2,1-3H3. The number of pyridine rings is 1. The topological polar surface area (TPSA) is 70.2 Å². The number of methoxy groups -OCH3 is 1. The molecule has 0 unspecified atom stereocenters. The molecule has 6 nitrogen and oxygen atoms in total. The maximum absolute atomic E-state index is 12.5. The minimum atomic E-state index is -0.0696. The Hall–Kier alpha value is -2.93. The molecular formula is C19H17N3O3S. The van der Waals surface area contributed by atoms with E-state index < -0.39 is 0 Å². The second-order valence-electron chi connectivity index (χ2n) is 5.99. The van der Waals surface area contributed by atoms with E-state index in [2.05, 4.69) is 10.1 Å². The van der Waals surface area contributed by atoms with E-state index in [4.69, 9.17) is 9.26 Å². The highest BCUT2D eigenvalue weighted by Crippen LogP contribution is 2.37. The van der Waals surface area contributed by atoms with Crippen molar-refractivity contribution in [3.05, 3.63) is 62.7 Å². The maximum atomic E-state index is 12.5. The highest BCUT2D eigenvalue weighted by atomic mass is 32.1. The summed E-state index contributed by atoms with van der Waals surface area (Å²) in [5.74, 6) is 1.40. The van der Waals surface area contributed by atoms with Crippen molar-refractivity contribution in [2.75, 3.05) is 7.11 Å². The van der Waals surface area contributed by atoms with Gasteiger partial charge in [-0.05, 0) is 31.4 Å². The van der Waals surface area contributed by atoms with Gasteiger partial charge in [0.05, 0.1) is 30.4 Å². The Morgan fingerprint density at radius 1 is 1.27 bits per heavy atom. The normalized spacial score (nSPS) is 11.2. The average molecular weight is 367 g/mol. The van der Waals surface area contributed by atoms with Gasteiger partial charge in [0.1, 0.15) is 16.5 Å². The van der Waals surface area contributed by atoms with Crippen LogP contribution < -0.4 is 10.3 Å². The van der Waals surface area contributed by atoms with Crippen LogP contribution in [0.4, 0.5) is 0 Å². The lowest BCUT2D eigenvalue weighted by molar-refractivity contribution is 0.393. The fraction of sp³-hybridized carbons (Fsp3) is 0.211. The Kier molecular flexibility index (Phi) is 4.08. The largest absolute Gasteiger partial charge is 0.496 e. The molecule has 0 fully saturated rings. The second-order valence-corrected chi connectivity index (χ2v) is 6.97. The zero-order valence-corrected chi connectivity index (χ0v) is 15.5. The van der Waals surface area contributed by atoms with Crippen LogP contribution >= 0.6 is 11.3 Å². The molecule has 0 amide bonds. The van der Waals surface area contributed by atoms with Gasteiger partial charge in [0, 0.05) is 29.3 Å². The summed E-state index contributed by atoms with van der Waals surface area (Å²) in [6.07, 6.45) is 1.74. The zero-order chi connectivity index (χ0) is 18.3. The molecule has 0 aliphatic carbocycles. The maximum Gasteiger partial charge on any atom is 0.251 e. The number of aromatic nitrogens is 3. The smallest absolute Gasteiger partial charge is 0.251 e. The molecule has 132 valence electrons. The molecule has 0 atom stereocenters. The molecule has 0 aliphatic rings. The summed E-state index contributed by atoms with van der Waals surface area (Å²) in [6, 6.07) is 7.32. The molecule has 3 aromatic heterocycles. The molecule has 0 saturated carbocycles. The third-order valence-electron chi connectivity index (χ3n) is 4.39. The summed E-state index contributed by atoms with van der Waals surface area (Å²) < 4.78 is 12.6. The Labute approximate surface area is 153 Å². The van der Waals surface area contributed by atoms with Gasteiger partial charge in [-0.25, -0.2) is 4.98 Å². The molecule has 4 rings (SSSR count). The number of rotatable bonds is 4. The van der Waals surface area contributed by atoms with Crippen molar-refractivity contribution in [2.45, 2.75) is 20.4 Å². The minimum absolute atomic E-state index is 0.0696. The third-order valence-corrected chi connectivity index (χ3v) is 5.16. The van der Waals surface area contributed by atoms with Crippen LogP contribution in [0.1, 0.15) is 16.5 Å². The summed E-state index contributed by atoms with van der Waals surface area (Å²) in [5.41, 5.74) is 3.35. The van der Waals surface area contributed by atoms with Crippen LogP contribution in [0.15, 0.2) is 45.2 Å². The lowest BCUT2D eigenvalue weighted by Gasteiger charge is -2.14. The van der Waals surface area contributed by atoms with Crippen LogP contribution in [0, 0.1) is 13.8 Å². The van der Waals surface area contributed by atoms with Crippen molar-refractivity contribution >= 4 is 22.2 Å². The number of benzene rings is 1. The lowest BCUT2D eigenvalue weighted by atomic mass is 10.0. The molecule has 3 heterocycles. The number of hydrogen-bond acceptors (Lipinski definition) is 6. The van der Waals surface area contributed by atoms with E-state index in [0.29, 0.717) is 12.3 Å². The molecule has 0 aliphatic heterocycles. The van der Waals surface area contributed by atoms with Crippen LogP contribution in [-0.2, 0) is 6.54 Å². The van der Waals surface area contributed by atoms with Crippen LogP contribution in [0.25, 0.3) is 22.0 Å². The molecule has 0 saturated heterocycles. The lowest BCUT2D eigenvalue weighted by Crippen LogP contribution is -2.20. The Bertz CT molecular complexity index is 1120. The molecule has 0 bridgehead atoms. The van der Waals surface area contributed by atoms with Crippen LogP contribution in [0.5, 0.6) is 5.75 Å². The SMILES string of the molecule is COc1cc2c(ccc(=O)n2Cc2nccs2)cc1-c1c(C)noc1C. The second kappa shape index (κ2) is 6.42. The van der Waals surface area contributed by atoms with E-state index in [0.717, 1.165) is 38.5 Å². The van der Waals surface area contributed by atoms with Gasteiger partial charge in [0.15, 0.2) is 0 Å². The number of fused-ring (bicyclic) bond motifs is 1. The summed E-state index contributed by atoms with van der Waals surface area (Å²) in [4.78, 5) is 16.7. The highest BCUT2D eigenvalue weighted by molar-refractivity contribution is 7.09. The van der Waals surface area contributed by atoms with Crippen LogP contribution in [0.2, 0.25) is 0 Å². The van der Waals surface area contributed by atoms with Gasteiger partial charge in [-0.2, -0.15) is 0 Å². The monoisotopic (exact) mass is 367 g/mol. The first-order chi connectivity index (χ1) is 12.6. The van der Waals surface area contributed by atoms with Gasteiger partial charge in [-0.15, -0.1) is 11.3 Å². The number of nitrogens with zero attached hydrogens (tertiary/aromatic N) is 3. The van der Waals surface area contributed by atoms with Crippen LogP contribution in [-0.4, -0.2) is 21.8 Å². The average Bonchev–Trinajstić information content (AvgIpc) is 3.26. The Morgan fingerprint density at radius 3 is 2.77 bits per heavy atom. The van der Waals surface area contributed by atoms with Gasteiger partial charge in [0.25, 0.3) is 5.56 Å². The van der Waals surface area contributed by atoms with Gasteiger partial charge in [0.2, 0.25) is 0 Å². The number of thiazole rings is 1. The first-order valence-corrected chi connectivity index (χ1v) is 8.99. The van der Waals surface area contributed by atoms with E-state index >= 15 is 0 Å². The molecule has 0 spiro atoms. The fourth-order valence-electron chi connectivity index (χ4n) is 3.18. The number of aryl methyl sites for hydroxylation is 2. The predicted molar refractivity (Wildman–Crippen MR) is 101 cm³/mol. The minimum Gasteiger partial charge on any atom is -0.496 e. The molecule has 0 radical (unpaired) electrons. The predicted octanol–water partition coefficient (Wildman–Crippen LogP) is 3.79. The van der Waals surface area contributed by atoms with E-state index in [1.807, 2.05) is 37.4 Å². The van der Waals surface area contributed by atoms with E-state index in [1.165, 1.54) is 11.3 Å². The fourth-order valence-corrected chi connectivity index (χ4v) is 3.79. The zero-order valence-electron chi connectivity index (χ0n) is 14.6. The first kappa shape index (κ1) is 16.5. The summed E-state index contributed by atoms with van der Waals surface area (Å²) in [6.45, 7) is 4.21. The molecule has 26 heavy (non-hydrogen) atoms. The Morgan fingerprint density at radius 2 is 2.12 bits per heavy atom. The van der Waals surface area contributed by atoms with Crippen molar-refractivity contribution in [3.8, 4) is 16.9 Å². The third kappa shape index (κ3) is 2.70. The van der Waals surface area contributed by atoms with Crippen molar-refractivity contribution in [2.24, 2.45) is 0 Å². The van der Waals surface area contributed by atoms with Gasteiger partial charge in [-0.1, -0.05) is 5.16 Å². The van der Waals surface area contributed by atoms with Gasteiger partial charge < -0.3 is 13.8 Å². The quantitative estimate of drug-likeness (QED) is 0.549. The summed E-state index contributed by atoms with van der Waals surface area (Å²) in [5, 5.41) is 7.77.